The van der Waals surface area contributed by atoms with Gasteiger partial charge >= 0.3 is 6.09 Å². The van der Waals surface area contributed by atoms with Crippen LogP contribution in [0.2, 0.25) is 5.02 Å². The van der Waals surface area contributed by atoms with Crippen molar-refractivity contribution >= 4 is 61.9 Å². The molecular formula is C19H22BrCl2N3O4. The summed E-state index contributed by atoms with van der Waals surface area (Å²) in [5.41, 5.74) is 0.186. The van der Waals surface area contributed by atoms with Gasteiger partial charge in [0.2, 0.25) is 0 Å². The Morgan fingerprint density at radius 2 is 2.14 bits per heavy atom. The number of nitrogens with one attached hydrogen (secondary N) is 1. The number of hydrogen-bond donors (Lipinski definition) is 1. The van der Waals surface area contributed by atoms with Crippen LogP contribution >= 0.6 is 39.1 Å². The highest BCUT2D eigenvalue weighted by molar-refractivity contribution is 9.10. The van der Waals surface area contributed by atoms with Gasteiger partial charge in [-0.05, 0) is 42.8 Å². The third-order valence-electron chi connectivity index (χ3n) is 4.32. The van der Waals surface area contributed by atoms with Gasteiger partial charge in [0.25, 0.3) is 0 Å². The minimum absolute atomic E-state index is 0.0109. The van der Waals surface area contributed by atoms with E-state index in [1.807, 2.05) is 20.8 Å². The van der Waals surface area contributed by atoms with Crippen LogP contribution in [0.25, 0.3) is 0 Å². The molecular weight excluding hydrogens is 485 g/mol. The molecule has 0 aromatic heterocycles. The quantitative estimate of drug-likeness (QED) is 0.650. The van der Waals surface area contributed by atoms with E-state index in [0.29, 0.717) is 40.4 Å². The highest BCUT2D eigenvalue weighted by Crippen LogP contribution is 2.43. The van der Waals surface area contributed by atoms with E-state index < -0.39 is 5.60 Å². The molecule has 1 saturated heterocycles. The van der Waals surface area contributed by atoms with Crippen molar-refractivity contribution in [2.45, 2.75) is 38.8 Å². The van der Waals surface area contributed by atoms with Gasteiger partial charge in [0.1, 0.15) is 17.4 Å². The van der Waals surface area contributed by atoms with Gasteiger partial charge in [-0.1, -0.05) is 23.2 Å². The molecule has 0 spiro atoms. The average molecular weight is 507 g/mol. The molecule has 10 heteroatoms. The minimum Gasteiger partial charge on any atom is -0.489 e. The molecule has 1 amide bonds. The van der Waals surface area contributed by atoms with Crippen molar-refractivity contribution < 1.29 is 19.1 Å². The summed E-state index contributed by atoms with van der Waals surface area (Å²) >= 11 is 15.7. The first kappa shape index (κ1) is 22.3. The van der Waals surface area contributed by atoms with E-state index in [0.717, 1.165) is 0 Å². The summed E-state index contributed by atoms with van der Waals surface area (Å²) in [6.07, 6.45) is -0.349. The average Bonchev–Trinajstić information content (AvgIpc) is 2.61. The number of carbonyl (C=O) groups is 2. The Kier molecular flexibility index (Phi) is 6.77. The van der Waals surface area contributed by atoms with Crippen molar-refractivity contribution in [3.05, 3.63) is 21.1 Å². The van der Waals surface area contributed by atoms with Gasteiger partial charge in [-0.15, -0.1) is 0 Å². The largest absolute Gasteiger partial charge is 0.489 e. The lowest BCUT2D eigenvalue weighted by Gasteiger charge is -2.35. The second-order valence-electron chi connectivity index (χ2n) is 7.87. The van der Waals surface area contributed by atoms with Gasteiger partial charge in [0, 0.05) is 24.1 Å². The van der Waals surface area contributed by atoms with Crippen LogP contribution in [0.4, 0.5) is 10.5 Å². The van der Waals surface area contributed by atoms with E-state index in [1.165, 1.54) is 0 Å². The number of benzene rings is 1. The second-order valence-corrected chi connectivity index (χ2v) is 9.54. The van der Waals surface area contributed by atoms with E-state index in [2.05, 4.69) is 26.2 Å². The highest BCUT2D eigenvalue weighted by atomic mass is 79.9. The molecule has 158 valence electrons. The molecule has 1 aromatic rings. The van der Waals surface area contributed by atoms with Crippen LogP contribution in [0, 0.1) is 0 Å². The Labute approximate surface area is 187 Å². The van der Waals surface area contributed by atoms with Gasteiger partial charge in [0.05, 0.1) is 28.7 Å². The number of aliphatic imine (C=N–C) groups is 1. The lowest BCUT2D eigenvalue weighted by Crippen LogP contribution is -2.55. The third kappa shape index (κ3) is 5.42. The zero-order chi connectivity index (χ0) is 21.3. The zero-order valence-corrected chi connectivity index (χ0v) is 19.4. The number of carbonyl (C=O) groups excluding carboxylic acids is 2. The predicted molar refractivity (Wildman–Crippen MR) is 116 cm³/mol. The molecule has 1 fully saturated rings. The number of fused-ring (bicyclic) bond motifs is 1. The highest BCUT2D eigenvalue weighted by Gasteiger charge is 2.30. The summed E-state index contributed by atoms with van der Waals surface area (Å²) in [6.45, 7) is 7.28. The summed E-state index contributed by atoms with van der Waals surface area (Å²) in [5.74, 6) is 0.0709. The van der Waals surface area contributed by atoms with Crippen LogP contribution in [-0.2, 0) is 4.74 Å². The lowest BCUT2D eigenvalue weighted by atomic mass is 10.0. The monoisotopic (exact) mass is 505 g/mol. The standard InChI is InChI=1S/C19H22BrCl2N3O4/c1-19(2,3)29-18(27)25-5-4-23-10(8-25)9-28-17-15-12(6-11(20)16(17)22)24-14(21)7-13(15)26/h6,10,23H,4-5,7-9H2,1-3H3/t10-/m0/s1. The zero-order valence-electron chi connectivity index (χ0n) is 16.4. The van der Waals surface area contributed by atoms with E-state index >= 15 is 0 Å². The maximum Gasteiger partial charge on any atom is 0.410 e. The Morgan fingerprint density at radius 3 is 2.83 bits per heavy atom. The second kappa shape index (κ2) is 8.79. The summed E-state index contributed by atoms with van der Waals surface area (Å²) < 4.78 is 12.0. The van der Waals surface area contributed by atoms with Gasteiger partial charge in [-0.2, -0.15) is 0 Å². The van der Waals surface area contributed by atoms with Crippen LogP contribution in [0.1, 0.15) is 37.6 Å². The van der Waals surface area contributed by atoms with Crippen LogP contribution < -0.4 is 10.1 Å². The molecule has 0 aliphatic carbocycles. The van der Waals surface area contributed by atoms with E-state index in [9.17, 15) is 9.59 Å². The lowest BCUT2D eigenvalue weighted by molar-refractivity contribution is 0.0178. The van der Waals surface area contributed by atoms with Gasteiger partial charge in [-0.3, -0.25) is 4.79 Å². The molecule has 1 aromatic carbocycles. The van der Waals surface area contributed by atoms with Crippen LogP contribution in [0.5, 0.6) is 5.75 Å². The molecule has 29 heavy (non-hydrogen) atoms. The normalized spacial score (nSPS) is 19.5. The fourth-order valence-electron chi connectivity index (χ4n) is 3.09. The first-order valence-electron chi connectivity index (χ1n) is 9.17. The summed E-state index contributed by atoms with van der Waals surface area (Å²) in [5, 5.41) is 3.83. The Hall–Kier alpha value is -1.35. The summed E-state index contributed by atoms with van der Waals surface area (Å²) in [6, 6.07) is 1.50. The SMILES string of the molecule is CC(C)(C)OC(=O)N1CCN[C@H](COc2c(Cl)c(Br)cc3c2C(=O)CC(Cl)=N3)C1. The molecule has 1 atom stereocenters. The van der Waals surface area contributed by atoms with Crippen LogP contribution in [0.3, 0.4) is 0 Å². The van der Waals surface area contributed by atoms with Crippen molar-refractivity contribution in [3.8, 4) is 5.75 Å². The number of halogens is 3. The fourth-order valence-corrected chi connectivity index (χ4v) is 3.90. The van der Waals surface area contributed by atoms with Gasteiger partial charge in [-0.25, -0.2) is 9.79 Å². The number of piperazine rings is 1. The first-order chi connectivity index (χ1) is 13.5. The van der Waals surface area contributed by atoms with Crippen molar-refractivity contribution in [2.75, 3.05) is 26.2 Å². The van der Waals surface area contributed by atoms with E-state index in [-0.39, 0.29) is 41.9 Å². The maximum absolute atomic E-state index is 12.5. The van der Waals surface area contributed by atoms with Gasteiger partial charge in [0.15, 0.2) is 11.5 Å². The smallest absolute Gasteiger partial charge is 0.410 e. The Bertz CT molecular complexity index is 870. The minimum atomic E-state index is -0.557. The molecule has 0 bridgehead atoms. The maximum atomic E-state index is 12.5. The molecule has 2 aliphatic heterocycles. The first-order valence-corrected chi connectivity index (χ1v) is 10.7. The topological polar surface area (TPSA) is 80.2 Å². The predicted octanol–water partition coefficient (Wildman–Crippen LogP) is 4.55. The molecule has 3 rings (SSSR count). The number of ketones is 1. The number of hydrogen-bond acceptors (Lipinski definition) is 6. The molecule has 2 aliphatic rings. The van der Waals surface area contributed by atoms with Crippen molar-refractivity contribution in [2.24, 2.45) is 4.99 Å². The molecule has 2 heterocycles. The van der Waals surface area contributed by atoms with E-state index in [1.54, 1.807) is 11.0 Å². The number of amides is 1. The van der Waals surface area contributed by atoms with Crippen LogP contribution in [0.15, 0.2) is 15.5 Å². The number of Topliss-reactive ketones (excluding diaryl/α,β-unsaturated/α-hetero) is 1. The van der Waals surface area contributed by atoms with Crippen molar-refractivity contribution in [1.82, 2.24) is 10.2 Å². The number of nitrogens with zero attached hydrogens (tertiary/aromatic N) is 2. The number of ether oxygens (including phenoxy) is 2. The van der Waals surface area contributed by atoms with Crippen LogP contribution in [-0.4, -0.2) is 59.8 Å². The molecule has 0 unspecified atom stereocenters. The molecule has 0 radical (unpaired) electrons. The van der Waals surface area contributed by atoms with E-state index in [4.69, 9.17) is 32.7 Å². The van der Waals surface area contributed by atoms with Crippen molar-refractivity contribution in [3.63, 3.8) is 0 Å². The molecule has 1 N–H and O–H groups in total. The molecule has 0 saturated carbocycles. The third-order valence-corrected chi connectivity index (χ3v) is 5.77. The Morgan fingerprint density at radius 1 is 1.41 bits per heavy atom. The van der Waals surface area contributed by atoms with Gasteiger partial charge < -0.3 is 19.7 Å². The fraction of sp³-hybridized carbons (Fsp3) is 0.526. The van der Waals surface area contributed by atoms with Crippen molar-refractivity contribution in [1.29, 1.82) is 0 Å². The summed E-state index contributed by atoms with van der Waals surface area (Å²) in [7, 11) is 0. The molecule has 7 nitrogen and oxygen atoms in total. The Balaban J connectivity index is 1.73. The summed E-state index contributed by atoms with van der Waals surface area (Å²) in [4.78, 5) is 30.7. The number of rotatable bonds is 3.